The minimum absolute atomic E-state index is 0.115. The maximum Gasteiger partial charge on any atom is 0.0949 e. The first-order chi connectivity index (χ1) is 7.91. The Labute approximate surface area is 115 Å². The molecule has 1 aromatic rings. The Kier molecular flexibility index (Phi) is 3.98. The van der Waals surface area contributed by atoms with E-state index in [9.17, 15) is 5.11 Å². The second-order valence-corrected chi connectivity index (χ2v) is 7.14. The Hall–Kier alpha value is 0.1000. The molecule has 0 amide bonds. The third kappa shape index (κ3) is 2.46. The molecule has 4 heteroatoms. The molecule has 2 heterocycles. The van der Waals surface area contributed by atoms with Crippen LogP contribution in [-0.4, -0.2) is 17.3 Å². The van der Waals surface area contributed by atoms with Crippen molar-refractivity contribution in [2.75, 3.05) is 0 Å². The van der Waals surface area contributed by atoms with Crippen molar-refractivity contribution in [1.29, 1.82) is 0 Å². The molecule has 2 nitrogen and oxygen atoms in total. The average molecular weight is 319 g/mol. The van der Waals surface area contributed by atoms with Crippen LogP contribution in [0.25, 0.3) is 0 Å². The van der Waals surface area contributed by atoms with Crippen molar-refractivity contribution in [3.63, 3.8) is 0 Å². The van der Waals surface area contributed by atoms with E-state index >= 15 is 0 Å². The molecule has 1 saturated heterocycles. The van der Waals surface area contributed by atoms with Gasteiger partial charge in [-0.3, -0.25) is 0 Å². The quantitative estimate of drug-likeness (QED) is 0.895. The highest BCUT2D eigenvalue weighted by Crippen LogP contribution is 2.44. The molecule has 0 spiro atoms. The lowest BCUT2D eigenvalue weighted by Gasteiger charge is -2.24. The summed E-state index contributed by atoms with van der Waals surface area (Å²) in [6.45, 7) is 8.37. The lowest BCUT2D eigenvalue weighted by atomic mass is 9.84. The molecule has 96 valence electrons. The molecular formula is C13H19BrO2S. The molecule has 1 N–H and O–H groups in total. The van der Waals surface area contributed by atoms with Crippen molar-refractivity contribution in [3.8, 4) is 0 Å². The summed E-state index contributed by atoms with van der Waals surface area (Å²) in [4.78, 5) is 2.25. The lowest BCUT2D eigenvalue weighted by molar-refractivity contribution is 0.0240. The highest BCUT2D eigenvalue weighted by molar-refractivity contribution is 9.10. The summed E-state index contributed by atoms with van der Waals surface area (Å²) in [7, 11) is 0. The van der Waals surface area contributed by atoms with Gasteiger partial charge in [0, 0.05) is 20.1 Å². The first-order valence-corrected chi connectivity index (χ1v) is 7.62. The SMILES string of the molecule is Cc1cc(Br)c(C(O)C2C(C)OC(C)C2C)s1. The number of ether oxygens (including phenoxy) is 1. The lowest BCUT2D eigenvalue weighted by Crippen LogP contribution is -2.24. The van der Waals surface area contributed by atoms with E-state index in [0.29, 0.717) is 5.92 Å². The van der Waals surface area contributed by atoms with E-state index in [2.05, 4.69) is 49.7 Å². The Bertz CT molecular complexity index is 404. The Morgan fingerprint density at radius 2 is 2.00 bits per heavy atom. The Morgan fingerprint density at radius 3 is 2.41 bits per heavy atom. The van der Waals surface area contributed by atoms with Gasteiger partial charge in [-0.2, -0.15) is 0 Å². The van der Waals surface area contributed by atoms with Crippen molar-refractivity contribution in [1.82, 2.24) is 0 Å². The van der Waals surface area contributed by atoms with E-state index in [1.54, 1.807) is 11.3 Å². The summed E-state index contributed by atoms with van der Waals surface area (Å²) in [6, 6.07) is 2.07. The van der Waals surface area contributed by atoms with Crippen LogP contribution >= 0.6 is 27.3 Å². The molecule has 1 aliphatic heterocycles. The maximum absolute atomic E-state index is 10.6. The number of aliphatic hydroxyl groups excluding tert-OH is 1. The van der Waals surface area contributed by atoms with Gasteiger partial charge in [0.15, 0.2) is 0 Å². The number of rotatable bonds is 2. The van der Waals surface area contributed by atoms with Gasteiger partial charge < -0.3 is 9.84 Å². The molecule has 2 rings (SSSR count). The number of hydrogen-bond acceptors (Lipinski definition) is 3. The summed E-state index contributed by atoms with van der Waals surface area (Å²) in [5.41, 5.74) is 0. The van der Waals surface area contributed by atoms with Crippen molar-refractivity contribution in [2.24, 2.45) is 11.8 Å². The van der Waals surface area contributed by atoms with E-state index in [-0.39, 0.29) is 18.1 Å². The van der Waals surface area contributed by atoms with Crippen LogP contribution in [0.3, 0.4) is 0 Å². The number of aliphatic hydroxyl groups is 1. The second kappa shape index (κ2) is 5.00. The van der Waals surface area contributed by atoms with E-state index < -0.39 is 6.10 Å². The van der Waals surface area contributed by atoms with Crippen LogP contribution in [0, 0.1) is 18.8 Å². The zero-order valence-corrected chi connectivity index (χ0v) is 13.0. The van der Waals surface area contributed by atoms with Crippen molar-refractivity contribution in [2.45, 2.75) is 46.0 Å². The fourth-order valence-corrected chi connectivity index (χ4v) is 4.65. The highest BCUT2D eigenvalue weighted by atomic mass is 79.9. The normalized spacial score (nSPS) is 35.2. The predicted octanol–water partition coefficient (Wildman–Crippen LogP) is 3.91. The van der Waals surface area contributed by atoms with Gasteiger partial charge in [-0.05, 0) is 48.7 Å². The highest BCUT2D eigenvalue weighted by Gasteiger charge is 2.42. The minimum Gasteiger partial charge on any atom is -0.387 e. The molecular weight excluding hydrogens is 300 g/mol. The van der Waals surface area contributed by atoms with Crippen LogP contribution in [0.1, 0.15) is 36.6 Å². The molecule has 0 saturated carbocycles. The van der Waals surface area contributed by atoms with E-state index in [1.165, 1.54) is 4.88 Å². The smallest absolute Gasteiger partial charge is 0.0949 e. The first-order valence-electron chi connectivity index (χ1n) is 6.01. The summed E-state index contributed by atoms with van der Waals surface area (Å²) in [5, 5.41) is 10.6. The molecule has 0 radical (unpaired) electrons. The van der Waals surface area contributed by atoms with Crippen molar-refractivity contribution in [3.05, 3.63) is 20.3 Å². The van der Waals surface area contributed by atoms with Crippen LogP contribution in [-0.2, 0) is 4.74 Å². The van der Waals surface area contributed by atoms with Crippen LogP contribution in [0.15, 0.2) is 10.5 Å². The van der Waals surface area contributed by atoms with Gasteiger partial charge in [0.05, 0.1) is 18.3 Å². The summed E-state index contributed by atoms with van der Waals surface area (Å²) >= 11 is 5.19. The van der Waals surface area contributed by atoms with Gasteiger partial charge in [-0.15, -0.1) is 11.3 Å². The average Bonchev–Trinajstić information content (AvgIpc) is 2.68. The number of thiophene rings is 1. The summed E-state index contributed by atoms with van der Waals surface area (Å²) in [6.07, 6.45) is -0.0909. The summed E-state index contributed by atoms with van der Waals surface area (Å²) < 4.78 is 6.82. The molecule has 0 aromatic carbocycles. The van der Waals surface area contributed by atoms with E-state index in [4.69, 9.17) is 4.74 Å². The van der Waals surface area contributed by atoms with Crippen LogP contribution in [0.4, 0.5) is 0 Å². The zero-order valence-electron chi connectivity index (χ0n) is 10.6. The number of hydrogen-bond donors (Lipinski definition) is 1. The summed E-state index contributed by atoms with van der Waals surface area (Å²) in [5.74, 6) is 0.564. The van der Waals surface area contributed by atoms with Gasteiger partial charge in [-0.1, -0.05) is 6.92 Å². The van der Waals surface area contributed by atoms with E-state index in [0.717, 1.165) is 9.35 Å². The maximum atomic E-state index is 10.6. The number of halogens is 1. The third-order valence-corrected chi connectivity index (χ3v) is 5.83. The molecule has 0 aliphatic carbocycles. The van der Waals surface area contributed by atoms with Gasteiger partial charge in [0.1, 0.15) is 0 Å². The Balaban J connectivity index is 2.25. The molecule has 1 aromatic heterocycles. The fourth-order valence-electron chi connectivity index (χ4n) is 2.72. The standard InChI is InChI=1S/C13H19BrO2S/c1-6-5-10(14)13(17-6)12(15)11-7(2)8(3)16-9(11)4/h5,7-9,11-12,15H,1-4H3. The molecule has 17 heavy (non-hydrogen) atoms. The predicted molar refractivity (Wildman–Crippen MR) is 74.4 cm³/mol. The van der Waals surface area contributed by atoms with Gasteiger partial charge >= 0.3 is 0 Å². The largest absolute Gasteiger partial charge is 0.387 e. The first kappa shape index (κ1) is 13.5. The molecule has 0 bridgehead atoms. The molecule has 5 unspecified atom stereocenters. The zero-order chi connectivity index (χ0) is 12.7. The van der Waals surface area contributed by atoms with E-state index in [1.807, 2.05) is 0 Å². The topological polar surface area (TPSA) is 29.5 Å². The van der Waals surface area contributed by atoms with Crippen LogP contribution in [0.2, 0.25) is 0 Å². The second-order valence-electron chi connectivity index (χ2n) is 5.00. The fraction of sp³-hybridized carbons (Fsp3) is 0.692. The van der Waals surface area contributed by atoms with Gasteiger partial charge in [0.2, 0.25) is 0 Å². The molecule has 1 aliphatic rings. The molecule has 5 atom stereocenters. The molecule has 1 fully saturated rings. The van der Waals surface area contributed by atoms with Crippen LogP contribution in [0.5, 0.6) is 0 Å². The monoisotopic (exact) mass is 318 g/mol. The van der Waals surface area contributed by atoms with Crippen molar-refractivity contribution >= 4 is 27.3 Å². The minimum atomic E-state index is -0.432. The van der Waals surface area contributed by atoms with Crippen molar-refractivity contribution < 1.29 is 9.84 Å². The Morgan fingerprint density at radius 1 is 1.35 bits per heavy atom. The van der Waals surface area contributed by atoms with Crippen LogP contribution < -0.4 is 0 Å². The number of aryl methyl sites for hydroxylation is 1. The third-order valence-electron chi connectivity index (χ3n) is 3.79. The van der Waals surface area contributed by atoms with Gasteiger partial charge in [0.25, 0.3) is 0 Å². The van der Waals surface area contributed by atoms with Gasteiger partial charge in [-0.25, -0.2) is 0 Å².